The Morgan fingerprint density at radius 1 is 1.07 bits per heavy atom. The van der Waals surface area contributed by atoms with E-state index in [1.807, 2.05) is 12.1 Å². The monoisotopic (exact) mass is 432 g/mol. The SMILES string of the molecule is COc1cccc(CN(C(=O)c2ccc(-c3ccccn3)s2)S(C)(=O)=O)c1OC. The second-order valence-electron chi connectivity index (χ2n) is 6.11. The molecule has 2 aromatic heterocycles. The van der Waals surface area contributed by atoms with E-state index < -0.39 is 15.9 Å². The zero-order valence-corrected chi connectivity index (χ0v) is 17.8. The van der Waals surface area contributed by atoms with Crippen LogP contribution in [-0.2, 0) is 16.6 Å². The van der Waals surface area contributed by atoms with Crippen LogP contribution in [0.15, 0.2) is 54.7 Å². The number of carbonyl (C=O) groups excluding carboxylic acids is 1. The van der Waals surface area contributed by atoms with E-state index in [4.69, 9.17) is 9.47 Å². The van der Waals surface area contributed by atoms with Crippen molar-refractivity contribution < 1.29 is 22.7 Å². The fourth-order valence-corrected chi connectivity index (χ4v) is 4.56. The Balaban J connectivity index is 1.95. The summed E-state index contributed by atoms with van der Waals surface area (Å²) in [7, 11) is -0.875. The molecule has 0 N–H and O–H groups in total. The number of pyridine rings is 1. The predicted molar refractivity (Wildman–Crippen MR) is 112 cm³/mol. The minimum Gasteiger partial charge on any atom is -0.493 e. The molecule has 0 fully saturated rings. The number of hydrogen-bond donors (Lipinski definition) is 0. The van der Waals surface area contributed by atoms with Crippen molar-refractivity contribution in [1.29, 1.82) is 0 Å². The van der Waals surface area contributed by atoms with Gasteiger partial charge in [0.2, 0.25) is 10.0 Å². The van der Waals surface area contributed by atoms with Crippen LogP contribution >= 0.6 is 11.3 Å². The first-order chi connectivity index (χ1) is 13.8. The largest absolute Gasteiger partial charge is 0.493 e. The highest BCUT2D eigenvalue weighted by molar-refractivity contribution is 7.88. The van der Waals surface area contributed by atoms with Crippen molar-refractivity contribution >= 4 is 27.3 Å². The Kier molecular flexibility index (Phi) is 6.19. The third-order valence-electron chi connectivity index (χ3n) is 4.16. The van der Waals surface area contributed by atoms with Gasteiger partial charge >= 0.3 is 0 Å². The van der Waals surface area contributed by atoms with Gasteiger partial charge in [0.25, 0.3) is 5.91 Å². The fourth-order valence-electron chi connectivity index (χ4n) is 2.79. The Hall–Kier alpha value is -2.91. The molecule has 7 nitrogen and oxygen atoms in total. The molecule has 0 saturated heterocycles. The molecular weight excluding hydrogens is 412 g/mol. The summed E-state index contributed by atoms with van der Waals surface area (Å²) >= 11 is 1.19. The zero-order chi connectivity index (χ0) is 21.0. The van der Waals surface area contributed by atoms with Gasteiger partial charge in [-0.3, -0.25) is 9.78 Å². The molecule has 152 valence electrons. The summed E-state index contributed by atoms with van der Waals surface area (Å²) in [6.45, 7) is -0.172. The summed E-state index contributed by atoms with van der Waals surface area (Å²) in [5, 5.41) is 0. The number of carbonyl (C=O) groups is 1. The number of benzene rings is 1. The van der Waals surface area contributed by atoms with Gasteiger partial charge < -0.3 is 9.47 Å². The zero-order valence-electron chi connectivity index (χ0n) is 16.2. The fraction of sp³-hybridized carbons (Fsp3) is 0.200. The van der Waals surface area contributed by atoms with Crippen LogP contribution < -0.4 is 9.47 Å². The molecule has 1 amide bonds. The number of sulfonamides is 1. The van der Waals surface area contributed by atoms with Crippen molar-refractivity contribution in [1.82, 2.24) is 9.29 Å². The maximum Gasteiger partial charge on any atom is 0.277 e. The van der Waals surface area contributed by atoms with Crippen LogP contribution in [0, 0.1) is 0 Å². The van der Waals surface area contributed by atoms with Crippen molar-refractivity contribution in [3.8, 4) is 22.1 Å². The van der Waals surface area contributed by atoms with Crippen LogP contribution in [0.25, 0.3) is 10.6 Å². The molecule has 0 saturated carbocycles. The summed E-state index contributed by atoms with van der Waals surface area (Å²) < 4.78 is 36.3. The topological polar surface area (TPSA) is 85.8 Å². The van der Waals surface area contributed by atoms with Crippen molar-refractivity contribution in [2.45, 2.75) is 6.54 Å². The highest BCUT2D eigenvalue weighted by Gasteiger charge is 2.28. The van der Waals surface area contributed by atoms with Gasteiger partial charge in [-0.05, 0) is 30.3 Å². The molecule has 3 rings (SSSR count). The van der Waals surface area contributed by atoms with Crippen LogP contribution in [0.5, 0.6) is 11.5 Å². The minimum atomic E-state index is -3.83. The van der Waals surface area contributed by atoms with Crippen molar-refractivity contribution in [3.63, 3.8) is 0 Å². The molecule has 1 aromatic carbocycles. The number of methoxy groups -OCH3 is 2. The van der Waals surface area contributed by atoms with Crippen LogP contribution in [-0.4, -0.2) is 44.1 Å². The molecule has 0 radical (unpaired) electrons. The van der Waals surface area contributed by atoms with Crippen molar-refractivity contribution in [3.05, 3.63) is 65.2 Å². The summed E-state index contributed by atoms with van der Waals surface area (Å²) in [5.74, 6) is 0.237. The number of amides is 1. The van der Waals surface area contributed by atoms with Gasteiger partial charge in [-0.2, -0.15) is 0 Å². The average Bonchev–Trinajstić information content (AvgIpc) is 3.21. The molecule has 0 bridgehead atoms. The first-order valence-corrected chi connectivity index (χ1v) is 11.2. The average molecular weight is 433 g/mol. The number of hydrogen-bond acceptors (Lipinski definition) is 7. The van der Waals surface area contributed by atoms with Crippen molar-refractivity contribution in [2.24, 2.45) is 0 Å². The van der Waals surface area contributed by atoms with Gasteiger partial charge in [0, 0.05) is 11.8 Å². The van der Waals surface area contributed by atoms with E-state index in [-0.39, 0.29) is 6.54 Å². The molecule has 0 aliphatic heterocycles. The molecule has 0 unspecified atom stereocenters. The third kappa shape index (κ3) is 4.57. The van der Waals surface area contributed by atoms with Gasteiger partial charge in [-0.25, -0.2) is 12.7 Å². The van der Waals surface area contributed by atoms with Crippen LogP contribution in [0.4, 0.5) is 0 Å². The van der Waals surface area contributed by atoms with E-state index in [0.717, 1.165) is 21.1 Å². The van der Waals surface area contributed by atoms with E-state index in [0.29, 0.717) is 21.9 Å². The lowest BCUT2D eigenvalue weighted by Gasteiger charge is -2.21. The Morgan fingerprint density at radius 3 is 2.48 bits per heavy atom. The lowest BCUT2D eigenvalue weighted by molar-refractivity contribution is 0.0859. The maximum absolute atomic E-state index is 13.1. The first-order valence-electron chi connectivity index (χ1n) is 8.58. The van der Waals surface area contributed by atoms with Gasteiger partial charge in [0.15, 0.2) is 11.5 Å². The van der Waals surface area contributed by atoms with Crippen molar-refractivity contribution in [2.75, 3.05) is 20.5 Å². The van der Waals surface area contributed by atoms with E-state index in [2.05, 4.69) is 4.98 Å². The van der Waals surface area contributed by atoms with Gasteiger partial charge in [0.05, 0.1) is 42.5 Å². The number of nitrogens with zero attached hydrogens (tertiary/aromatic N) is 2. The number of para-hydroxylation sites is 1. The first kappa shape index (κ1) is 20.8. The molecule has 3 aromatic rings. The molecule has 0 atom stereocenters. The summed E-state index contributed by atoms with van der Waals surface area (Å²) in [5.41, 5.74) is 1.24. The molecular formula is C20H20N2O5S2. The smallest absolute Gasteiger partial charge is 0.277 e. The highest BCUT2D eigenvalue weighted by atomic mass is 32.2. The number of thiophene rings is 1. The van der Waals surface area contributed by atoms with Gasteiger partial charge in [-0.15, -0.1) is 11.3 Å². The number of rotatable bonds is 7. The van der Waals surface area contributed by atoms with Crippen LogP contribution in [0.3, 0.4) is 0 Å². The van der Waals surface area contributed by atoms with E-state index in [1.165, 1.54) is 25.6 Å². The highest BCUT2D eigenvalue weighted by Crippen LogP contribution is 2.33. The second-order valence-corrected chi connectivity index (χ2v) is 9.10. The van der Waals surface area contributed by atoms with E-state index in [1.54, 1.807) is 42.6 Å². The molecule has 0 aliphatic carbocycles. The quantitative estimate of drug-likeness (QED) is 0.569. The number of aromatic nitrogens is 1. The summed E-state index contributed by atoms with van der Waals surface area (Å²) in [6.07, 6.45) is 2.67. The third-order valence-corrected chi connectivity index (χ3v) is 6.35. The van der Waals surface area contributed by atoms with Gasteiger partial charge in [0.1, 0.15) is 0 Å². The van der Waals surface area contributed by atoms with E-state index in [9.17, 15) is 13.2 Å². The Labute approximate surface area is 173 Å². The Bertz CT molecular complexity index is 1110. The normalized spacial score (nSPS) is 11.1. The summed E-state index contributed by atoms with van der Waals surface area (Å²) in [6, 6.07) is 14.0. The summed E-state index contributed by atoms with van der Waals surface area (Å²) in [4.78, 5) is 18.4. The Morgan fingerprint density at radius 2 is 1.86 bits per heavy atom. The number of ether oxygens (including phenoxy) is 2. The lowest BCUT2D eigenvalue weighted by atomic mass is 10.2. The molecule has 9 heteroatoms. The lowest BCUT2D eigenvalue weighted by Crippen LogP contribution is -2.35. The van der Waals surface area contributed by atoms with Crippen LogP contribution in [0.1, 0.15) is 15.2 Å². The molecule has 0 aliphatic rings. The molecule has 0 spiro atoms. The van der Waals surface area contributed by atoms with E-state index >= 15 is 0 Å². The maximum atomic E-state index is 13.1. The predicted octanol–water partition coefficient (Wildman–Crippen LogP) is 3.43. The standard InChI is InChI=1S/C20H20N2O5S2/c1-26-16-9-6-7-14(19(16)27-2)13-22(29(3,24)25)20(23)18-11-10-17(28-18)15-8-4-5-12-21-15/h4-12H,13H2,1-3H3. The minimum absolute atomic E-state index is 0.172. The second kappa shape index (κ2) is 8.62. The molecule has 29 heavy (non-hydrogen) atoms. The van der Waals surface area contributed by atoms with Crippen LogP contribution in [0.2, 0.25) is 0 Å². The van der Waals surface area contributed by atoms with Gasteiger partial charge in [-0.1, -0.05) is 18.2 Å². The molecule has 2 heterocycles.